The molecule has 0 aliphatic carbocycles. The summed E-state index contributed by atoms with van der Waals surface area (Å²) in [5.41, 5.74) is 4.80. The Balaban J connectivity index is 1.86. The highest BCUT2D eigenvalue weighted by Crippen LogP contribution is 2.24. The second-order valence-corrected chi connectivity index (χ2v) is 5.16. The lowest BCUT2D eigenvalue weighted by atomic mass is 9.99. The van der Waals surface area contributed by atoms with Crippen LogP contribution in [-0.4, -0.2) is 10.1 Å². The number of fused-ring (bicyclic) bond motifs is 1. The monoisotopic (exact) mass is 267 g/mol. The van der Waals surface area contributed by atoms with Crippen molar-refractivity contribution in [1.29, 1.82) is 0 Å². The summed E-state index contributed by atoms with van der Waals surface area (Å²) in [6, 6.07) is 13.7. The highest BCUT2D eigenvalue weighted by atomic mass is 16.4. The zero-order valence-corrected chi connectivity index (χ0v) is 11.6. The highest BCUT2D eigenvalue weighted by Gasteiger charge is 2.15. The maximum Gasteiger partial charge on any atom is 0.198 e. The van der Waals surface area contributed by atoms with E-state index in [0.29, 0.717) is 12.3 Å². The molecule has 3 nitrogen and oxygen atoms in total. The number of nitrogens with zero attached hydrogens (tertiary/aromatic N) is 1. The van der Waals surface area contributed by atoms with E-state index in [4.69, 9.17) is 4.42 Å². The van der Waals surface area contributed by atoms with Crippen LogP contribution in [0.1, 0.15) is 28.7 Å². The fourth-order valence-corrected chi connectivity index (χ4v) is 2.48. The van der Waals surface area contributed by atoms with Crippen LogP contribution in [0.25, 0.3) is 11.1 Å². The van der Waals surface area contributed by atoms with Crippen molar-refractivity contribution in [3.05, 3.63) is 65.0 Å². The number of aliphatic hydroxyl groups excluding tert-OH is 1. The van der Waals surface area contributed by atoms with Crippen LogP contribution in [0.3, 0.4) is 0 Å². The largest absolute Gasteiger partial charge is 0.441 e. The van der Waals surface area contributed by atoms with E-state index in [9.17, 15) is 5.11 Å². The van der Waals surface area contributed by atoms with Gasteiger partial charge in [0.05, 0.1) is 12.5 Å². The molecule has 3 aromatic rings. The van der Waals surface area contributed by atoms with Crippen molar-refractivity contribution in [1.82, 2.24) is 4.98 Å². The molecule has 3 rings (SSSR count). The van der Waals surface area contributed by atoms with Crippen LogP contribution in [0.2, 0.25) is 0 Å². The SMILES string of the molecule is Cc1ccc(C(O)Cc2nc3ccccc3o2)c(C)c1. The molecule has 0 radical (unpaired) electrons. The number of aromatic nitrogens is 1. The summed E-state index contributed by atoms with van der Waals surface area (Å²) in [7, 11) is 0. The molecule has 2 aromatic carbocycles. The molecule has 0 fully saturated rings. The summed E-state index contributed by atoms with van der Waals surface area (Å²) in [5, 5.41) is 10.4. The standard InChI is InChI=1S/C17H17NO2/c1-11-7-8-13(12(2)9-11)15(19)10-17-18-14-5-3-4-6-16(14)20-17/h3-9,15,19H,10H2,1-2H3. The summed E-state index contributed by atoms with van der Waals surface area (Å²) in [6.45, 7) is 4.06. The van der Waals surface area contributed by atoms with E-state index in [1.807, 2.05) is 50.2 Å². The normalized spacial score (nSPS) is 12.8. The van der Waals surface area contributed by atoms with Gasteiger partial charge in [-0.2, -0.15) is 0 Å². The molecule has 0 aliphatic heterocycles. The van der Waals surface area contributed by atoms with Crippen molar-refractivity contribution >= 4 is 11.1 Å². The van der Waals surface area contributed by atoms with Gasteiger partial charge in [0, 0.05) is 0 Å². The Morgan fingerprint density at radius 2 is 1.95 bits per heavy atom. The van der Waals surface area contributed by atoms with Gasteiger partial charge < -0.3 is 9.52 Å². The predicted octanol–water partition coefficient (Wildman–Crippen LogP) is 3.72. The minimum absolute atomic E-state index is 0.387. The Bertz CT molecular complexity index is 713. The fourth-order valence-electron chi connectivity index (χ4n) is 2.48. The van der Waals surface area contributed by atoms with Crippen LogP contribution in [0.5, 0.6) is 0 Å². The third kappa shape index (κ3) is 2.45. The summed E-state index contributed by atoms with van der Waals surface area (Å²) in [4.78, 5) is 4.40. The molecule has 20 heavy (non-hydrogen) atoms. The van der Waals surface area contributed by atoms with Crippen molar-refractivity contribution in [3.8, 4) is 0 Å². The third-order valence-electron chi connectivity index (χ3n) is 3.49. The Kier molecular flexibility index (Phi) is 3.28. The lowest BCUT2D eigenvalue weighted by Gasteiger charge is -2.12. The molecule has 102 valence electrons. The van der Waals surface area contributed by atoms with Gasteiger partial charge in [-0.3, -0.25) is 0 Å². The molecule has 3 heteroatoms. The first kappa shape index (κ1) is 12.9. The molecule has 0 saturated heterocycles. The predicted molar refractivity (Wildman–Crippen MR) is 78.6 cm³/mol. The zero-order valence-electron chi connectivity index (χ0n) is 11.6. The minimum Gasteiger partial charge on any atom is -0.441 e. The van der Waals surface area contributed by atoms with E-state index in [1.54, 1.807) is 0 Å². The van der Waals surface area contributed by atoms with Gasteiger partial charge in [-0.25, -0.2) is 4.98 Å². The average Bonchev–Trinajstić information content (AvgIpc) is 2.80. The number of hydrogen-bond donors (Lipinski definition) is 1. The van der Waals surface area contributed by atoms with E-state index < -0.39 is 6.10 Å². The number of aryl methyl sites for hydroxylation is 2. The van der Waals surface area contributed by atoms with Crippen molar-refractivity contribution in [3.63, 3.8) is 0 Å². The van der Waals surface area contributed by atoms with Gasteiger partial charge in [-0.15, -0.1) is 0 Å². The quantitative estimate of drug-likeness (QED) is 0.786. The molecule has 0 saturated carbocycles. The van der Waals surface area contributed by atoms with E-state index in [-0.39, 0.29) is 0 Å². The summed E-state index contributed by atoms with van der Waals surface area (Å²) >= 11 is 0. The smallest absolute Gasteiger partial charge is 0.198 e. The number of benzene rings is 2. The number of rotatable bonds is 3. The third-order valence-corrected chi connectivity index (χ3v) is 3.49. The van der Waals surface area contributed by atoms with Gasteiger partial charge in [0.15, 0.2) is 11.5 Å². The molecule has 1 heterocycles. The number of aliphatic hydroxyl groups is 1. The number of hydrogen-bond acceptors (Lipinski definition) is 3. The maximum absolute atomic E-state index is 10.4. The molecular formula is C17H17NO2. The number of para-hydroxylation sites is 2. The van der Waals surface area contributed by atoms with Crippen LogP contribution < -0.4 is 0 Å². The first-order chi connectivity index (χ1) is 9.63. The van der Waals surface area contributed by atoms with Crippen LogP contribution >= 0.6 is 0 Å². The first-order valence-electron chi connectivity index (χ1n) is 6.73. The lowest BCUT2D eigenvalue weighted by molar-refractivity contribution is 0.168. The molecule has 1 aromatic heterocycles. The van der Waals surface area contributed by atoms with Gasteiger partial charge in [0.1, 0.15) is 5.52 Å². The topological polar surface area (TPSA) is 46.3 Å². The lowest BCUT2D eigenvalue weighted by Crippen LogP contribution is -2.04. The molecule has 1 atom stereocenters. The summed E-state index contributed by atoms with van der Waals surface area (Å²) in [5.74, 6) is 0.568. The fraction of sp³-hybridized carbons (Fsp3) is 0.235. The average molecular weight is 267 g/mol. The summed E-state index contributed by atoms with van der Waals surface area (Å²) < 4.78 is 5.65. The Morgan fingerprint density at radius 3 is 2.70 bits per heavy atom. The molecular weight excluding hydrogens is 250 g/mol. The van der Waals surface area contributed by atoms with Gasteiger partial charge in [0.2, 0.25) is 0 Å². The second-order valence-electron chi connectivity index (χ2n) is 5.16. The second kappa shape index (κ2) is 5.10. The Morgan fingerprint density at radius 1 is 1.15 bits per heavy atom. The Labute approximate surface area is 117 Å². The maximum atomic E-state index is 10.4. The number of oxazole rings is 1. The van der Waals surface area contributed by atoms with E-state index in [2.05, 4.69) is 11.1 Å². The summed E-state index contributed by atoms with van der Waals surface area (Å²) in [6.07, 6.45) is -0.206. The van der Waals surface area contributed by atoms with Gasteiger partial charge >= 0.3 is 0 Å². The van der Waals surface area contributed by atoms with Crippen molar-refractivity contribution < 1.29 is 9.52 Å². The van der Waals surface area contributed by atoms with Gasteiger partial charge in [-0.1, -0.05) is 35.9 Å². The van der Waals surface area contributed by atoms with Gasteiger partial charge in [-0.05, 0) is 37.1 Å². The highest BCUT2D eigenvalue weighted by molar-refractivity contribution is 5.72. The zero-order chi connectivity index (χ0) is 14.1. The molecule has 1 N–H and O–H groups in total. The first-order valence-corrected chi connectivity index (χ1v) is 6.73. The van der Waals surface area contributed by atoms with E-state index in [0.717, 1.165) is 22.2 Å². The van der Waals surface area contributed by atoms with Crippen LogP contribution in [-0.2, 0) is 6.42 Å². The van der Waals surface area contributed by atoms with Crippen molar-refractivity contribution in [2.75, 3.05) is 0 Å². The minimum atomic E-state index is -0.594. The molecule has 1 unspecified atom stereocenters. The van der Waals surface area contributed by atoms with Crippen LogP contribution in [0.4, 0.5) is 0 Å². The van der Waals surface area contributed by atoms with E-state index in [1.165, 1.54) is 5.56 Å². The Hall–Kier alpha value is -2.13. The molecule has 0 amide bonds. The van der Waals surface area contributed by atoms with Crippen LogP contribution in [0, 0.1) is 13.8 Å². The van der Waals surface area contributed by atoms with Crippen molar-refractivity contribution in [2.45, 2.75) is 26.4 Å². The molecule has 0 bridgehead atoms. The molecule has 0 aliphatic rings. The van der Waals surface area contributed by atoms with Crippen LogP contribution in [0.15, 0.2) is 46.9 Å². The molecule has 0 spiro atoms. The van der Waals surface area contributed by atoms with Gasteiger partial charge in [0.25, 0.3) is 0 Å². The van der Waals surface area contributed by atoms with E-state index >= 15 is 0 Å². The van der Waals surface area contributed by atoms with Crippen molar-refractivity contribution in [2.24, 2.45) is 0 Å².